The van der Waals surface area contributed by atoms with Crippen LogP contribution < -0.4 is 19.1 Å². The molecule has 2 aromatic carbocycles. The number of methoxy groups -OCH3 is 2. The number of fused-ring (bicyclic) bond motifs is 1. The molecule has 0 radical (unpaired) electrons. The van der Waals surface area contributed by atoms with E-state index >= 15 is 0 Å². The van der Waals surface area contributed by atoms with E-state index in [4.69, 9.17) is 24.7 Å². The summed E-state index contributed by atoms with van der Waals surface area (Å²) in [5.74, 6) is 1.07. The van der Waals surface area contributed by atoms with E-state index < -0.39 is 0 Å². The van der Waals surface area contributed by atoms with Crippen LogP contribution in [0, 0.1) is 22.7 Å². The Hall–Kier alpha value is -4.01. The van der Waals surface area contributed by atoms with Crippen LogP contribution >= 0.6 is 0 Å². The number of carbonyl (C=O) groups excluding carboxylic acids is 1. The summed E-state index contributed by atoms with van der Waals surface area (Å²) in [6.07, 6.45) is 1.57. The molecule has 152 valence electrons. The summed E-state index contributed by atoms with van der Waals surface area (Å²) in [4.78, 5) is 13.5. The number of ketones is 1. The van der Waals surface area contributed by atoms with Gasteiger partial charge in [0.25, 0.3) is 0 Å². The van der Waals surface area contributed by atoms with Crippen LogP contribution in [0.15, 0.2) is 36.1 Å². The van der Waals surface area contributed by atoms with Gasteiger partial charge in [-0.2, -0.15) is 10.5 Å². The van der Waals surface area contributed by atoms with Crippen molar-refractivity contribution in [1.82, 2.24) is 0 Å². The molecule has 8 heteroatoms. The Morgan fingerprint density at radius 2 is 1.87 bits per heavy atom. The number of ether oxygens (including phenoxy) is 3. The number of hydrogen-bond acceptors (Lipinski definition) is 7. The number of allylic oxidation sites excluding steroid dienone is 1. The molecule has 2 N–H and O–H groups in total. The summed E-state index contributed by atoms with van der Waals surface area (Å²) < 4.78 is 16.4. The van der Waals surface area contributed by atoms with Gasteiger partial charge in [0.15, 0.2) is 24.6 Å². The molecule has 8 nitrogen and oxygen atoms in total. The van der Waals surface area contributed by atoms with Gasteiger partial charge in [0.1, 0.15) is 35.9 Å². The monoisotopic (exact) mass is 406 g/mol. The van der Waals surface area contributed by atoms with E-state index in [1.54, 1.807) is 31.4 Å². The maximum absolute atomic E-state index is 12.9. The van der Waals surface area contributed by atoms with Crippen LogP contribution in [-0.4, -0.2) is 38.2 Å². The predicted molar refractivity (Wildman–Crippen MR) is 106 cm³/mol. The van der Waals surface area contributed by atoms with E-state index in [1.165, 1.54) is 19.2 Å². The third-order valence-corrected chi connectivity index (χ3v) is 4.73. The van der Waals surface area contributed by atoms with Gasteiger partial charge in [0, 0.05) is 11.6 Å². The molecule has 1 aliphatic rings. The first-order chi connectivity index (χ1) is 14.5. The van der Waals surface area contributed by atoms with Crippen molar-refractivity contribution in [3.63, 3.8) is 0 Å². The van der Waals surface area contributed by atoms with Crippen molar-refractivity contribution < 1.29 is 29.0 Å². The number of Topliss-reactive ketones (excluding diaryl/α,β-unsaturated/α-hetero) is 1. The molecule has 2 aromatic rings. The van der Waals surface area contributed by atoms with Crippen molar-refractivity contribution in [3.8, 4) is 35.1 Å². The second-order valence-electron chi connectivity index (χ2n) is 6.58. The zero-order valence-electron chi connectivity index (χ0n) is 16.6. The summed E-state index contributed by atoms with van der Waals surface area (Å²) in [7, 11) is 3.06. The molecule has 0 bridgehead atoms. The molecule has 0 saturated carbocycles. The number of quaternary nitrogens is 1. The van der Waals surface area contributed by atoms with Crippen LogP contribution in [0.3, 0.4) is 0 Å². The largest absolute Gasteiger partial charge is 0.507 e. The number of nitriles is 2. The fourth-order valence-electron chi connectivity index (χ4n) is 3.21. The highest BCUT2D eigenvalue weighted by Gasteiger charge is 2.32. The Labute approximate surface area is 173 Å². The van der Waals surface area contributed by atoms with Gasteiger partial charge in [-0.05, 0) is 30.3 Å². The first-order valence-electron chi connectivity index (χ1n) is 9.11. The second kappa shape index (κ2) is 8.99. The molecule has 0 atom stereocenters. The van der Waals surface area contributed by atoms with Crippen LogP contribution in [0.4, 0.5) is 0 Å². The zero-order chi connectivity index (χ0) is 21.7. The van der Waals surface area contributed by atoms with Crippen molar-refractivity contribution in [2.45, 2.75) is 6.54 Å². The van der Waals surface area contributed by atoms with E-state index in [0.29, 0.717) is 33.1 Å². The van der Waals surface area contributed by atoms with Crippen molar-refractivity contribution in [2.24, 2.45) is 0 Å². The number of nitrogens with one attached hydrogen (secondary N) is 1. The molecule has 0 amide bonds. The summed E-state index contributed by atoms with van der Waals surface area (Å²) in [5.41, 5.74) is 1.32. The number of phenols is 1. The summed E-state index contributed by atoms with van der Waals surface area (Å²) >= 11 is 0. The first kappa shape index (κ1) is 20.7. The van der Waals surface area contributed by atoms with Crippen LogP contribution in [0.25, 0.3) is 6.08 Å². The number of aromatic hydroxyl groups is 1. The van der Waals surface area contributed by atoms with E-state index in [-0.39, 0.29) is 42.7 Å². The average molecular weight is 406 g/mol. The average Bonchev–Trinajstić information content (AvgIpc) is 3.06. The molecule has 0 aliphatic carbocycles. The summed E-state index contributed by atoms with van der Waals surface area (Å²) in [6.45, 7) is 0.329. The Morgan fingerprint density at radius 1 is 1.13 bits per heavy atom. The quantitative estimate of drug-likeness (QED) is 0.528. The van der Waals surface area contributed by atoms with Gasteiger partial charge in [-0.25, -0.2) is 0 Å². The molecular formula is C22H20N3O5+. The van der Waals surface area contributed by atoms with E-state index in [2.05, 4.69) is 0 Å². The Morgan fingerprint density at radius 3 is 2.50 bits per heavy atom. The van der Waals surface area contributed by atoms with Gasteiger partial charge in [-0.15, -0.1) is 0 Å². The van der Waals surface area contributed by atoms with Crippen LogP contribution in [0.2, 0.25) is 0 Å². The Balaban J connectivity index is 1.98. The van der Waals surface area contributed by atoms with Crippen molar-refractivity contribution in [2.75, 3.05) is 27.3 Å². The van der Waals surface area contributed by atoms with Gasteiger partial charge in [-0.3, -0.25) is 4.79 Å². The number of rotatable bonds is 7. The third kappa shape index (κ3) is 4.04. The molecule has 1 heterocycles. The third-order valence-electron chi connectivity index (χ3n) is 4.73. The molecule has 0 fully saturated rings. The lowest BCUT2D eigenvalue weighted by Crippen LogP contribution is -3.10. The highest BCUT2D eigenvalue weighted by molar-refractivity contribution is 6.15. The minimum absolute atomic E-state index is 0.0572. The normalized spacial score (nSPS) is 13.5. The molecule has 1 aliphatic heterocycles. The molecule has 3 rings (SSSR count). The van der Waals surface area contributed by atoms with Crippen LogP contribution in [0.1, 0.15) is 21.5 Å². The van der Waals surface area contributed by atoms with Crippen molar-refractivity contribution in [1.29, 1.82) is 10.5 Å². The number of carbonyl (C=O) groups is 1. The topological polar surface area (TPSA) is 117 Å². The number of nitrogens with zero attached hydrogens (tertiary/aromatic N) is 2. The minimum atomic E-state index is -0.328. The van der Waals surface area contributed by atoms with Crippen LogP contribution in [0.5, 0.6) is 23.0 Å². The maximum atomic E-state index is 12.9. The molecule has 0 unspecified atom stereocenters. The van der Waals surface area contributed by atoms with Gasteiger partial charge in [-0.1, -0.05) is 0 Å². The SMILES string of the molecule is COc1ccc(/C=C2\Oc3c(ccc(O)c3C[NH+](CC#N)CC#N)C2=O)c(OC)c1. The standard InChI is InChI=1S/C22H19N3O5/c1-28-15-4-3-14(19(12-15)29-2)11-20-21(27)16-5-6-18(26)17(22(16)30-20)13-25(9-7-23)10-8-24/h3-6,11-12,26H,9-10,13H2,1-2H3/p+1/b20-11-. The molecule has 30 heavy (non-hydrogen) atoms. The van der Waals surface area contributed by atoms with Gasteiger partial charge >= 0.3 is 0 Å². The highest BCUT2D eigenvalue weighted by Crippen LogP contribution is 2.39. The van der Waals surface area contributed by atoms with E-state index in [1.807, 2.05) is 12.1 Å². The maximum Gasteiger partial charge on any atom is 0.231 e. The Bertz CT molecular complexity index is 1080. The lowest BCUT2D eigenvalue weighted by Gasteiger charge is -2.15. The fraction of sp³-hybridized carbons (Fsp3) is 0.227. The first-order valence-corrected chi connectivity index (χ1v) is 9.11. The number of benzene rings is 2. The minimum Gasteiger partial charge on any atom is -0.507 e. The summed E-state index contributed by atoms with van der Waals surface area (Å²) in [6, 6.07) is 12.1. The molecule has 0 spiro atoms. The lowest BCUT2D eigenvalue weighted by molar-refractivity contribution is -0.899. The van der Waals surface area contributed by atoms with E-state index in [9.17, 15) is 9.90 Å². The number of hydrogen-bond donors (Lipinski definition) is 2. The van der Waals surface area contributed by atoms with Gasteiger partial charge < -0.3 is 24.2 Å². The van der Waals surface area contributed by atoms with Crippen molar-refractivity contribution >= 4 is 11.9 Å². The van der Waals surface area contributed by atoms with Crippen molar-refractivity contribution in [3.05, 3.63) is 52.8 Å². The zero-order valence-corrected chi connectivity index (χ0v) is 16.6. The fourth-order valence-corrected chi connectivity index (χ4v) is 3.21. The van der Waals surface area contributed by atoms with Gasteiger partial charge in [0.05, 0.1) is 25.3 Å². The highest BCUT2D eigenvalue weighted by atomic mass is 16.5. The smallest absolute Gasteiger partial charge is 0.231 e. The van der Waals surface area contributed by atoms with Gasteiger partial charge in [0.2, 0.25) is 5.78 Å². The molecular weight excluding hydrogens is 386 g/mol. The molecule has 0 aromatic heterocycles. The lowest BCUT2D eigenvalue weighted by atomic mass is 10.0. The molecule has 0 saturated heterocycles. The Kier molecular flexibility index (Phi) is 6.21. The summed E-state index contributed by atoms with van der Waals surface area (Å²) in [5, 5.41) is 28.3. The second-order valence-corrected chi connectivity index (χ2v) is 6.58. The van der Waals surface area contributed by atoms with E-state index in [0.717, 1.165) is 0 Å². The van der Waals surface area contributed by atoms with Crippen LogP contribution in [-0.2, 0) is 6.54 Å². The predicted octanol–water partition coefficient (Wildman–Crippen LogP) is 1.46. The number of phenolic OH excluding ortho intramolecular Hbond substituents is 1.